The number of rotatable bonds is 5. The summed E-state index contributed by atoms with van der Waals surface area (Å²) in [6.07, 6.45) is 2.00. The van der Waals surface area contributed by atoms with E-state index >= 15 is 0 Å². The normalized spacial score (nSPS) is 10.7. The summed E-state index contributed by atoms with van der Waals surface area (Å²) in [6, 6.07) is 13.5. The third kappa shape index (κ3) is 3.83. The molecule has 0 aliphatic rings. The Labute approximate surface area is 157 Å². The molecule has 0 spiro atoms. The molecule has 3 rings (SSSR count). The molecule has 0 saturated heterocycles. The van der Waals surface area contributed by atoms with E-state index in [-0.39, 0.29) is 5.56 Å². The molecule has 3 aromatic rings. The van der Waals surface area contributed by atoms with E-state index in [1.165, 1.54) is 6.20 Å². The molecule has 0 atom stereocenters. The summed E-state index contributed by atoms with van der Waals surface area (Å²) in [6.45, 7) is -0.546. The molecule has 0 saturated carbocycles. The number of pyridine rings is 1. The Morgan fingerprint density at radius 1 is 1.15 bits per heavy atom. The van der Waals surface area contributed by atoms with Crippen LogP contribution in [0.25, 0.3) is 10.9 Å². The number of carbonyl (C=O) groups is 2. The topological polar surface area (TPSA) is 99.3 Å². The van der Waals surface area contributed by atoms with Crippen LogP contribution < -0.4 is 10.7 Å². The van der Waals surface area contributed by atoms with Gasteiger partial charge in [0, 0.05) is 21.6 Å². The molecule has 6 nitrogen and oxygen atoms in total. The van der Waals surface area contributed by atoms with Gasteiger partial charge in [0.05, 0.1) is 0 Å². The second-order valence-electron chi connectivity index (χ2n) is 5.76. The Morgan fingerprint density at radius 3 is 2.58 bits per heavy atom. The van der Waals surface area contributed by atoms with Crippen molar-refractivity contribution in [2.75, 3.05) is 6.54 Å². The van der Waals surface area contributed by atoms with Crippen molar-refractivity contribution in [3.05, 3.63) is 80.0 Å². The van der Waals surface area contributed by atoms with E-state index in [9.17, 15) is 14.4 Å². The van der Waals surface area contributed by atoms with Crippen molar-refractivity contribution in [2.45, 2.75) is 6.42 Å². The van der Waals surface area contributed by atoms with Gasteiger partial charge in [0.25, 0.3) is 5.91 Å². The van der Waals surface area contributed by atoms with Crippen molar-refractivity contribution in [1.82, 2.24) is 10.3 Å². The van der Waals surface area contributed by atoms with E-state index in [2.05, 4.69) is 26.2 Å². The van der Waals surface area contributed by atoms with Crippen molar-refractivity contribution in [1.29, 1.82) is 0 Å². The summed E-state index contributed by atoms with van der Waals surface area (Å²) in [7, 11) is 0. The zero-order valence-corrected chi connectivity index (χ0v) is 15.2. The van der Waals surface area contributed by atoms with Crippen LogP contribution in [-0.4, -0.2) is 28.5 Å². The van der Waals surface area contributed by atoms with E-state index in [4.69, 9.17) is 5.11 Å². The highest BCUT2D eigenvalue weighted by Gasteiger charge is 2.15. The second kappa shape index (κ2) is 7.53. The minimum atomic E-state index is -1.18. The molecule has 3 N–H and O–H groups in total. The van der Waals surface area contributed by atoms with E-state index < -0.39 is 23.9 Å². The van der Waals surface area contributed by atoms with E-state index in [0.29, 0.717) is 17.3 Å². The van der Waals surface area contributed by atoms with E-state index in [1.54, 1.807) is 6.07 Å². The Hall–Kier alpha value is -2.93. The number of H-pyrrole nitrogens is 1. The maximum Gasteiger partial charge on any atom is 0.322 e. The monoisotopic (exact) mass is 414 g/mol. The first-order valence-corrected chi connectivity index (χ1v) is 8.62. The van der Waals surface area contributed by atoms with Gasteiger partial charge in [-0.05, 0) is 29.7 Å². The molecule has 26 heavy (non-hydrogen) atoms. The standard InChI is InChI=1S/C19H15BrN2O4/c20-15-8-13-16(7-12(15)6-11-4-2-1-3-5-11)21-9-14(18(13)25)19(26)22-10-17(23)24/h1-5,7-9H,6,10H2,(H,21,25)(H,22,26)(H,23,24). The number of nitrogens with one attached hydrogen (secondary N) is 2. The molecular weight excluding hydrogens is 400 g/mol. The molecule has 1 amide bonds. The lowest BCUT2D eigenvalue weighted by molar-refractivity contribution is -0.135. The molecule has 132 valence electrons. The minimum absolute atomic E-state index is 0.124. The van der Waals surface area contributed by atoms with Gasteiger partial charge in [-0.3, -0.25) is 14.4 Å². The third-order valence-corrected chi connectivity index (χ3v) is 4.67. The summed E-state index contributed by atoms with van der Waals surface area (Å²) < 4.78 is 0.766. The zero-order chi connectivity index (χ0) is 18.7. The van der Waals surface area contributed by atoms with Gasteiger partial charge in [0.1, 0.15) is 12.1 Å². The van der Waals surface area contributed by atoms with Gasteiger partial charge in [-0.1, -0.05) is 46.3 Å². The summed E-state index contributed by atoms with van der Waals surface area (Å²) in [5, 5.41) is 11.2. The van der Waals surface area contributed by atoms with E-state index in [0.717, 1.165) is 15.6 Å². The Kier molecular flexibility index (Phi) is 5.18. The fraction of sp³-hybridized carbons (Fsp3) is 0.105. The molecule has 0 aliphatic carbocycles. The number of amides is 1. The van der Waals surface area contributed by atoms with Crippen LogP contribution in [0.2, 0.25) is 0 Å². The first-order chi connectivity index (χ1) is 12.5. The average molecular weight is 415 g/mol. The number of aromatic amines is 1. The number of benzene rings is 2. The van der Waals surface area contributed by atoms with Crippen LogP contribution in [0.5, 0.6) is 0 Å². The maximum absolute atomic E-state index is 12.6. The average Bonchev–Trinajstić information content (AvgIpc) is 2.62. The van der Waals surface area contributed by atoms with Crippen LogP contribution in [-0.2, 0) is 11.2 Å². The van der Waals surface area contributed by atoms with Crippen LogP contribution in [0.4, 0.5) is 0 Å². The molecule has 0 aliphatic heterocycles. The summed E-state index contributed by atoms with van der Waals surface area (Å²) in [4.78, 5) is 38.1. The van der Waals surface area contributed by atoms with Gasteiger partial charge in [-0.25, -0.2) is 0 Å². The lowest BCUT2D eigenvalue weighted by atomic mass is 10.0. The van der Waals surface area contributed by atoms with Gasteiger partial charge in [-0.2, -0.15) is 0 Å². The molecule has 0 unspecified atom stereocenters. The van der Waals surface area contributed by atoms with Crippen LogP contribution in [0.1, 0.15) is 21.5 Å². The minimum Gasteiger partial charge on any atom is -0.480 e. The first kappa shape index (κ1) is 17.9. The van der Waals surface area contributed by atoms with Gasteiger partial charge < -0.3 is 15.4 Å². The van der Waals surface area contributed by atoms with Crippen LogP contribution in [0.15, 0.2) is 57.9 Å². The Morgan fingerprint density at radius 2 is 1.88 bits per heavy atom. The smallest absolute Gasteiger partial charge is 0.322 e. The van der Waals surface area contributed by atoms with Crippen LogP contribution in [0, 0.1) is 0 Å². The van der Waals surface area contributed by atoms with Gasteiger partial charge >= 0.3 is 5.97 Å². The molecule has 0 bridgehead atoms. The fourth-order valence-corrected chi connectivity index (χ4v) is 3.14. The second-order valence-corrected chi connectivity index (χ2v) is 6.61. The van der Waals surface area contributed by atoms with Gasteiger partial charge in [0.15, 0.2) is 0 Å². The zero-order valence-electron chi connectivity index (χ0n) is 13.6. The van der Waals surface area contributed by atoms with Crippen LogP contribution in [0.3, 0.4) is 0 Å². The molecule has 0 fully saturated rings. The number of aromatic nitrogens is 1. The highest BCUT2D eigenvalue weighted by molar-refractivity contribution is 9.10. The Balaban J connectivity index is 1.97. The van der Waals surface area contributed by atoms with Crippen molar-refractivity contribution in [3.8, 4) is 0 Å². The number of halogens is 1. The number of hydrogen-bond donors (Lipinski definition) is 3. The molecule has 7 heteroatoms. The number of carboxylic acid groups (broad SMARTS) is 1. The predicted molar refractivity (Wildman–Crippen MR) is 101 cm³/mol. The van der Waals surface area contributed by atoms with Crippen LogP contribution >= 0.6 is 15.9 Å². The molecule has 1 aromatic heterocycles. The summed E-state index contributed by atoms with van der Waals surface area (Å²) >= 11 is 3.49. The number of carboxylic acids is 1. The third-order valence-electron chi connectivity index (χ3n) is 3.93. The lowest BCUT2D eigenvalue weighted by Gasteiger charge is -2.09. The quantitative estimate of drug-likeness (QED) is 0.597. The van der Waals surface area contributed by atoms with Crippen molar-refractivity contribution < 1.29 is 14.7 Å². The van der Waals surface area contributed by atoms with Crippen molar-refractivity contribution in [3.63, 3.8) is 0 Å². The molecular formula is C19H15BrN2O4. The summed E-state index contributed by atoms with van der Waals surface area (Å²) in [5.41, 5.74) is 2.18. The molecule has 1 heterocycles. The largest absolute Gasteiger partial charge is 0.480 e. The number of fused-ring (bicyclic) bond motifs is 1. The molecule has 2 aromatic carbocycles. The highest BCUT2D eigenvalue weighted by atomic mass is 79.9. The molecule has 0 radical (unpaired) electrons. The summed E-state index contributed by atoms with van der Waals surface area (Å²) in [5.74, 6) is -1.90. The van der Waals surface area contributed by atoms with Crippen molar-refractivity contribution >= 4 is 38.7 Å². The van der Waals surface area contributed by atoms with Gasteiger partial charge in [0.2, 0.25) is 5.43 Å². The number of carbonyl (C=O) groups excluding carboxylic acids is 1. The SMILES string of the molecule is O=C(O)CNC(=O)c1c[nH]c2cc(Cc3ccccc3)c(Br)cc2c1=O. The number of hydrogen-bond acceptors (Lipinski definition) is 3. The lowest BCUT2D eigenvalue weighted by Crippen LogP contribution is -2.32. The van der Waals surface area contributed by atoms with Crippen molar-refractivity contribution in [2.24, 2.45) is 0 Å². The Bertz CT molecular complexity index is 1040. The first-order valence-electron chi connectivity index (χ1n) is 7.83. The highest BCUT2D eigenvalue weighted by Crippen LogP contribution is 2.24. The number of aliphatic carboxylic acids is 1. The van der Waals surface area contributed by atoms with Gasteiger partial charge in [-0.15, -0.1) is 0 Å². The fourth-order valence-electron chi connectivity index (χ4n) is 2.66. The predicted octanol–water partition coefficient (Wildman–Crippen LogP) is 2.70. The maximum atomic E-state index is 12.6. The van der Waals surface area contributed by atoms with E-state index in [1.807, 2.05) is 36.4 Å².